The van der Waals surface area contributed by atoms with E-state index in [1.165, 1.54) is 49.9 Å². The molecule has 1 aromatic rings. The Hall–Kier alpha value is -1.29. The zero-order valence-electron chi connectivity index (χ0n) is 15.6. The number of hydrogen-bond acceptors (Lipinski definition) is 2. The molecule has 1 aromatic heterocycles. The number of aromatic nitrogens is 1. The van der Waals surface area contributed by atoms with E-state index < -0.39 is 0 Å². The van der Waals surface area contributed by atoms with E-state index >= 15 is 0 Å². The van der Waals surface area contributed by atoms with Crippen molar-refractivity contribution in [2.45, 2.75) is 64.8 Å². The molecule has 2 fully saturated rings. The monoisotopic (exact) mass is 331 g/mol. The van der Waals surface area contributed by atoms with Gasteiger partial charge in [0.1, 0.15) is 0 Å². The van der Waals surface area contributed by atoms with Crippen molar-refractivity contribution in [1.29, 1.82) is 0 Å². The van der Waals surface area contributed by atoms with E-state index in [9.17, 15) is 4.79 Å². The molecule has 1 N–H and O–H groups in total. The fourth-order valence-corrected chi connectivity index (χ4v) is 4.77. The van der Waals surface area contributed by atoms with Crippen LogP contribution in [-0.2, 0) is 0 Å². The van der Waals surface area contributed by atoms with Crippen molar-refractivity contribution in [2.75, 3.05) is 26.7 Å². The maximum atomic E-state index is 13.1. The van der Waals surface area contributed by atoms with E-state index in [-0.39, 0.29) is 5.91 Å². The Morgan fingerprint density at radius 2 is 1.92 bits per heavy atom. The number of carbonyl (C=O) groups excluding carboxylic acids is 1. The van der Waals surface area contributed by atoms with Crippen molar-refractivity contribution in [3.8, 4) is 0 Å². The lowest BCUT2D eigenvalue weighted by Gasteiger charge is -2.33. The molecule has 0 radical (unpaired) electrons. The van der Waals surface area contributed by atoms with Crippen LogP contribution < -0.4 is 5.32 Å². The smallest absolute Gasteiger partial charge is 0.255 e. The Morgan fingerprint density at radius 1 is 1.17 bits per heavy atom. The highest BCUT2D eigenvalue weighted by atomic mass is 16.2. The summed E-state index contributed by atoms with van der Waals surface area (Å²) in [6.07, 6.45) is 8.88. The summed E-state index contributed by atoms with van der Waals surface area (Å²) in [5, 5.41) is 3.26. The van der Waals surface area contributed by atoms with E-state index in [0.29, 0.717) is 12.0 Å². The minimum absolute atomic E-state index is 0.242. The number of likely N-dealkylation sites (tertiary alicyclic amines) is 1. The van der Waals surface area contributed by atoms with Crippen molar-refractivity contribution < 1.29 is 4.79 Å². The normalized spacial score (nSPS) is 22.8. The average molecular weight is 332 g/mol. The van der Waals surface area contributed by atoms with E-state index in [0.717, 1.165) is 31.6 Å². The highest BCUT2D eigenvalue weighted by Gasteiger charge is 2.28. The molecular formula is C20H33N3O. The lowest BCUT2D eigenvalue weighted by atomic mass is 9.95. The second kappa shape index (κ2) is 7.73. The van der Waals surface area contributed by atoms with Gasteiger partial charge in [0.15, 0.2) is 0 Å². The third kappa shape index (κ3) is 3.53. The Bertz CT molecular complexity index is 570. The lowest BCUT2D eigenvalue weighted by molar-refractivity contribution is 0.0673. The van der Waals surface area contributed by atoms with E-state index in [2.05, 4.69) is 34.7 Å². The highest BCUT2D eigenvalue weighted by molar-refractivity contribution is 5.95. The number of nitrogens with one attached hydrogen (secondary N) is 1. The van der Waals surface area contributed by atoms with Gasteiger partial charge in [-0.15, -0.1) is 0 Å². The van der Waals surface area contributed by atoms with Crippen LogP contribution in [0.4, 0.5) is 0 Å². The number of piperidine rings is 1. The quantitative estimate of drug-likeness (QED) is 0.914. The average Bonchev–Trinajstić information content (AvgIpc) is 2.90. The van der Waals surface area contributed by atoms with Crippen LogP contribution in [0.1, 0.15) is 72.7 Å². The fourth-order valence-electron chi connectivity index (χ4n) is 4.77. The molecule has 1 saturated carbocycles. The molecule has 0 aromatic carbocycles. The lowest BCUT2D eigenvalue weighted by Crippen LogP contribution is -2.42. The predicted molar refractivity (Wildman–Crippen MR) is 98.6 cm³/mol. The topological polar surface area (TPSA) is 37.3 Å². The van der Waals surface area contributed by atoms with E-state index in [1.54, 1.807) is 0 Å². The molecule has 4 heteroatoms. The van der Waals surface area contributed by atoms with E-state index in [4.69, 9.17) is 0 Å². The van der Waals surface area contributed by atoms with Crippen LogP contribution in [0.5, 0.6) is 0 Å². The predicted octanol–water partition coefficient (Wildman–Crippen LogP) is 3.68. The number of aryl methyl sites for hydroxylation is 1. The highest BCUT2D eigenvalue weighted by Crippen LogP contribution is 2.32. The summed E-state index contributed by atoms with van der Waals surface area (Å²) in [6.45, 7) is 7.12. The first-order valence-corrected chi connectivity index (χ1v) is 9.74. The minimum Gasteiger partial charge on any atom is -0.345 e. The fraction of sp³-hybridized carbons (Fsp3) is 0.750. The van der Waals surface area contributed by atoms with Gasteiger partial charge in [-0.25, -0.2) is 0 Å². The molecule has 3 rings (SSSR count). The minimum atomic E-state index is 0.242. The summed E-state index contributed by atoms with van der Waals surface area (Å²) in [6, 6.07) is 2.73. The molecule has 1 atom stereocenters. The second-order valence-corrected chi connectivity index (χ2v) is 7.76. The van der Waals surface area contributed by atoms with Crippen LogP contribution in [0.3, 0.4) is 0 Å². The third-order valence-corrected chi connectivity index (χ3v) is 5.95. The first-order valence-electron chi connectivity index (χ1n) is 9.74. The first kappa shape index (κ1) is 17.5. The van der Waals surface area contributed by atoms with Gasteiger partial charge in [0.2, 0.25) is 0 Å². The maximum absolute atomic E-state index is 13.1. The molecule has 2 heterocycles. The number of carbonyl (C=O) groups is 1. The van der Waals surface area contributed by atoms with Gasteiger partial charge in [-0.2, -0.15) is 0 Å². The molecule has 2 aliphatic rings. The number of nitrogens with zero attached hydrogens (tertiary/aromatic N) is 2. The van der Waals surface area contributed by atoms with E-state index in [1.807, 2.05) is 7.05 Å². The Kier molecular flexibility index (Phi) is 5.65. The Morgan fingerprint density at radius 3 is 2.62 bits per heavy atom. The van der Waals surface area contributed by atoms with Gasteiger partial charge in [-0.1, -0.05) is 19.3 Å². The molecule has 24 heavy (non-hydrogen) atoms. The second-order valence-electron chi connectivity index (χ2n) is 7.76. The largest absolute Gasteiger partial charge is 0.345 e. The van der Waals surface area contributed by atoms with Gasteiger partial charge < -0.3 is 14.8 Å². The zero-order valence-corrected chi connectivity index (χ0v) is 15.6. The van der Waals surface area contributed by atoms with Crippen molar-refractivity contribution >= 4 is 5.91 Å². The van der Waals surface area contributed by atoms with Gasteiger partial charge in [-0.3, -0.25) is 4.79 Å². The summed E-state index contributed by atoms with van der Waals surface area (Å²) in [7, 11) is 2.00. The van der Waals surface area contributed by atoms with Crippen molar-refractivity contribution in [3.05, 3.63) is 23.0 Å². The molecule has 1 aliphatic carbocycles. The standard InChI is InChI=1S/C20H33N3O/c1-15-12-19(16(2)23(15)18-9-5-4-6-10-18)20(24)22-11-7-8-17(14-22)13-21-3/h12,17-18,21H,4-11,13-14H2,1-3H3/t17-/m0/s1. The van der Waals surface area contributed by atoms with Crippen LogP contribution in [0.2, 0.25) is 0 Å². The molecule has 1 amide bonds. The SMILES string of the molecule is CNC[C@@H]1CCCN(C(=O)c2cc(C)n(C3CCCCC3)c2C)C1. The maximum Gasteiger partial charge on any atom is 0.255 e. The van der Waals surface area contributed by atoms with Gasteiger partial charge in [-0.05, 0) is 65.1 Å². The van der Waals surface area contributed by atoms with Gasteiger partial charge in [0.05, 0.1) is 5.56 Å². The molecule has 0 spiro atoms. The molecular weight excluding hydrogens is 298 g/mol. The van der Waals surface area contributed by atoms with Gasteiger partial charge >= 0.3 is 0 Å². The van der Waals surface area contributed by atoms with Crippen LogP contribution in [0.25, 0.3) is 0 Å². The van der Waals surface area contributed by atoms with Crippen molar-refractivity contribution in [2.24, 2.45) is 5.92 Å². The molecule has 4 nitrogen and oxygen atoms in total. The molecule has 0 bridgehead atoms. The Labute approximate surface area is 146 Å². The molecule has 1 aliphatic heterocycles. The van der Waals surface area contributed by atoms with Crippen LogP contribution in [0.15, 0.2) is 6.07 Å². The third-order valence-electron chi connectivity index (χ3n) is 5.95. The molecule has 0 unspecified atom stereocenters. The summed E-state index contributed by atoms with van der Waals surface area (Å²) >= 11 is 0. The summed E-state index contributed by atoms with van der Waals surface area (Å²) in [5.41, 5.74) is 3.37. The number of hydrogen-bond donors (Lipinski definition) is 1. The van der Waals surface area contributed by atoms with Gasteiger partial charge in [0.25, 0.3) is 5.91 Å². The van der Waals surface area contributed by atoms with Crippen LogP contribution in [-0.4, -0.2) is 42.1 Å². The summed E-state index contributed by atoms with van der Waals surface area (Å²) < 4.78 is 2.45. The molecule has 134 valence electrons. The van der Waals surface area contributed by atoms with Crippen LogP contribution in [0, 0.1) is 19.8 Å². The molecule has 1 saturated heterocycles. The van der Waals surface area contributed by atoms with Crippen LogP contribution >= 0.6 is 0 Å². The number of amides is 1. The Balaban J connectivity index is 1.77. The van der Waals surface area contributed by atoms with Crippen molar-refractivity contribution in [3.63, 3.8) is 0 Å². The summed E-state index contributed by atoms with van der Waals surface area (Å²) in [5.74, 6) is 0.834. The van der Waals surface area contributed by atoms with Crippen molar-refractivity contribution in [1.82, 2.24) is 14.8 Å². The first-order chi connectivity index (χ1) is 11.6. The zero-order chi connectivity index (χ0) is 17.1. The summed E-state index contributed by atoms with van der Waals surface area (Å²) in [4.78, 5) is 15.2. The number of rotatable bonds is 4. The van der Waals surface area contributed by atoms with Gasteiger partial charge in [0, 0.05) is 30.5 Å².